The molecular formula is C20H19N5O8. The number of rotatable bonds is 9. The Kier molecular flexibility index (Phi) is 7.03. The van der Waals surface area contributed by atoms with Crippen LogP contribution in [-0.2, 0) is 4.79 Å². The summed E-state index contributed by atoms with van der Waals surface area (Å²) in [5.41, 5.74) is 2.57. The number of benzene rings is 2. The van der Waals surface area contributed by atoms with Crippen molar-refractivity contribution in [3.8, 4) is 28.5 Å². The van der Waals surface area contributed by atoms with Gasteiger partial charge in [0.25, 0.3) is 17.3 Å². The molecule has 0 saturated heterocycles. The van der Waals surface area contributed by atoms with Crippen LogP contribution in [0.1, 0.15) is 11.3 Å². The van der Waals surface area contributed by atoms with Crippen LogP contribution in [0.15, 0.2) is 46.1 Å². The number of nitro groups is 1. The summed E-state index contributed by atoms with van der Waals surface area (Å²) in [7, 11) is 2.85. The predicted octanol–water partition coefficient (Wildman–Crippen LogP) is 1.74. The maximum atomic E-state index is 12.1. The van der Waals surface area contributed by atoms with Gasteiger partial charge in [-0.05, 0) is 22.6 Å². The SMILES string of the molecule is COc1cccc(/C=N/NC(=O)COc2cc([N+](=O)[O-])c(-c3no[n+]([O-])c3C)cc2OC)c1. The fourth-order valence-corrected chi connectivity index (χ4v) is 2.77. The van der Waals surface area contributed by atoms with Crippen LogP contribution in [0.25, 0.3) is 11.3 Å². The molecule has 3 rings (SSSR count). The molecule has 3 aromatic rings. The number of carbonyl (C=O) groups excluding carboxylic acids is 1. The minimum Gasteiger partial charge on any atom is -0.497 e. The molecule has 0 aliphatic carbocycles. The average molecular weight is 457 g/mol. The Balaban J connectivity index is 1.74. The zero-order chi connectivity index (χ0) is 24.0. The van der Waals surface area contributed by atoms with Gasteiger partial charge in [0, 0.05) is 18.1 Å². The van der Waals surface area contributed by atoms with Crippen LogP contribution in [-0.4, -0.2) is 43.0 Å². The van der Waals surface area contributed by atoms with Crippen LogP contribution in [0.3, 0.4) is 0 Å². The smallest absolute Gasteiger partial charge is 0.285 e. The first-order chi connectivity index (χ1) is 15.8. The Morgan fingerprint density at radius 2 is 2.06 bits per heavy atom. The zero-order valence-corrected chi connectivity index (χ0v) is 17.8. The van der Waals surface area contributed by atoms with E-state index < -0.39 is 23.1 Å². The van der Waals surface area contributed by atoms with Crippen LogP contribution in [0, 0.1) is 22.2 Å². The Morgan fingerprint density at radius 3 is 2.70 bits per heavy atom. The standard InChI is InChI=1S/C20H19N5O8/c1-12-20(23-33-25(12)29)15-8-17(31-3)18(9-16(15)24(27)28)32-11-19(26)22-21-10-13-5-4-6-14(7-13)30-2/h4-10H,11H2,1-3H3,(H,22,26)/b21-10+. The molecule has 13 nitrogen and oxygen atoms in total. The molecule has 0 atom stereocenters. The summed E-state index contributed by atoms with van der Waals surface area (Å²) in [6, 6.07) is 9.38. The lowest BCUT2D eigenvalue weighted by molar-refractivity contribution is -0.806. The summed E-state index contributed by atoms with van der Waals surface area (Å²) in [6.45, 7) is 0.904. The summed E-state index contributed by atoms with van der Waals surface area (Å²) in [4.78, 5) is 23.1. The Bertz CT molecular complexity index is 1210. The normalized spacial score (nSPS) is 10.8. The van der Waals surface area contributed by atoms with E-state index in [2.05, 4.69) is 20.3 Å². The monoisotopic (exact) mass is 457 g/mol. The van der Waals surface area contributed by atoms with Crippen molar-refractivity contribution in [2.45, 2.75) is 6.92 Å². The second kappa shape index (κ2) is 10.1. The molecule has 1 aromatic heterocycles. The first kappa shape index (κ1) is 23.0. The molecule has 0 saturated carbocycles. The molecule has 1 amide bonds. The van der Waals surface area contributed by atoms with Crippen molar-refractivity contribution in [1.82, 2.24) is 10.6 Å². The Labute approximate surface area is 186 Å². The molecule has 13 heteroatoms. The summed E-state index contributed by atoms with van der Waals surface area (Å²) in [5, 5.41) is 30.5. The molecule has 33 heavy (non-hydrogen) atoms. The number of nitro benzene ring substituents is 1. The van der Waals surface area contributed by atoms with Gasteiger partial charge in [-0.3, -0.25) is 19.5 Å². The second-order valence-electron chi connectivity index (χ2n) is 6.50. The highest BCUT2D eigenvalue weighted by molar-refractivity contribution is 5.83. The first-order valence-electron chi connectivity index (χ1n) is 9.36. The van der Waals surface area contributed by atoms with Crippen LogP contribution < -0.4 is 24.5 Å². The van der Waals surface area contributed by atoms with Crippen molar-refractivity contribution < 1.29 is 33.5 Å². The highest BCUT2D eigenvalue weighted by Gasteiger charge is 2.29. The first-order valence-corrected chi connectivity index (χ1v) is 9.36. The van der Waals surface area contributed by atoms with Gasteiger partial charge in [-0.2, -0.15) is 5.10 Å². The topological polar surface area (TPSA) is 165 Å². The highest BCUT2D eigenvalue weighted by Crippen LogP contribution is 2.39. The summed E-state index contributed by atoms with van der Waals surface area (Å²) < 4.78 is 20.2. The van der Waals surface area contributed by atoms with Crippen molar-refractivity contribution in [3.05, 3.63) is 63.0 Å². The van der Waals surface area contributed by atoms with E-state index in [-0.39, 0.29) is 33.4 Å². The van der Waals surface area contributed by atoms with Gasteiger partial charge in [0.2, 0.25) is 5.69 Å². The number of aromatic nitrogens is 2. The van der Waals surface area contributed by atoms with E-state index in [1.807, 2.05) is 0 Å². The molecule has 0 bridgehead atoms. The quantitative estimate of drug-likeness (QED) is 0.218. The van der Waals surface area contributed by atoms with E-state index in [0.29, 0.717) is 11.3 Å². The van der Waals surface area contributed by atoms with Crippen LogP contribution in [0.5, 0.6) is 17.2 Å². The van der Waals surface area contributed by atoms with Gasteiger partial charge in [-0.1, -0.05) is 12.1 Å². The van der Waals surface area contributed by atoms with Gasteiger partial charge in [-0.25, -0.2) is 5.43 Å². The van der Waals surface area contributed by atoms with Gasteiger partial charge in [0.05, 0.1) is 31.4 Å². The third kappa shape index (κ3) is 5.33. The van der Waals surface area contributed by atoms with Gasteiger partial charge in [0.1, 0.15) is 11.3 Å². The van der Waals surface area contributed by atoms with Crippen molar-refractivity contribution in [3.63, 3.8) is 0 Å². The third-order valence-corrected chi connectivity index (χ3v) is 4.41. The number of hydrogen-bond donors (Lipinski definition) is 1. The van der Waals surface area contributed by atoms with E-state index in [1.54, 1.807) is 24.3 Å². The van der Waals surface area contributed by atoms with Gasteiger partial charge in [0.15, 0.2) is 18.1 Å². The Hall–Kier alpha value is -4.68. The van der Waals surface area contributed by atoms with E-state index in [1.165, 1.54) is 33.4 Å². The molecule has 2 aromatic carbocycles. The number of amides is 1. The fourth-order valence-electron chi connectivity index (χ4n) is 2.77. The molecule has 172 valence electrons. The number of carbonyl (C=O) groups is 1. The van der Waals surface area contributed by atoms with Gasteiger partial charge >= 0.3 is 0 Å². The van der Waals surface area contributed by atoms with Crippen LogP contribution in [0.2, 0.25) is 0 Å². The van der Waals surface area contributed by atoms with Gasteiger partial charge in [-0.15, -0.1) is 0 Å². The van der Waals surface area contributed by atoms with E-state index in [4.69, 9.17) is 14.2 Å². The van der Waals surface area contributed by atoms with Crippen LogP contribution >= 0.6 is 0 Å². The number of methoxy groups -OCH3 is 2. The molecule has 0 aliphatic heterocycles. The fraction of sp³-hybridized carbons (Fsp3) is 0.200. The Morgan fingerprint density at radius 1 is 1.27 bits per heavy atom. The highest BCUT2D eigenvalue weighted by atomic mass is 16.8. The maximum Gasteiger partial charge on any atom is 0.285 e. The van der Waals surface area contributed by atoms with Crippen molar-refractivity contribution in [1.29, 1.82) is 0 Å². The molecule has 0 radical (unpaired) electrons. The number of ether oxygens (including phenoxy) is 3. The average Bonchev–Trinajstić information content (AvgIpc) is 3.15. The van der Waals surface area contributed by atoms with Crippen molar-refractivity contribution in [2.24, 2.45) is 5.10 Å². The predicted molar refractivity (Wildman–Crippen MR) is 113 cm³/mol. The lowest BCUT2D eigenvalue weighted by Crippen LogP contribution is -2.25. The molecule has 0 aliphatic rings. The van der Waals surface area contributed by atoms with Gasteiger partial charge < -0.3 is 19.4 Å². The molecular weight excluding hydrogens is 438 g/mol. The van der Waals surface area contributed by atoms with E-state index in [9.17, 15) is 20.1 Å². The number of nitrogens with one attached hydrogen (secondary N) is 1. The molecule has 0 fully saturated rings. The lowest BCUT2D eigenvalue weighted by atomic mass is 10.1. The molecule has 0 unspecified atom stereocenters. The second-order valence-corrected chi connectivity index (χ2v) is 6.50. The van der Waals surface area contributed by atoms with E-state index >= 15 is 0 Å². The minimum atomic E-state index is -0.677. The number of hydrogen-bond acceptors (Lipinski definition) is 10. The number of hydrazone groups is 1. The summed E-state index contributed by atoms with van der Waals surface area (Å²) in [6.07, 6.45) is 1.42. The zero-order valence-electron chi connectivity index (χ0n) is 17.8. The molecule has 0 spiro atoms. The summed E-state index contributed by atoms with van der Waals surface area (Å²) in [5.74, 6) is 0.0541. The largest absolute Gasteiger partial charge is 0.497 e. The maximum absolute atomic E-state index is 12.1. The number of nitrogens with zero attached hydrogens (tertiary/aromatic N) is 4. The lowest BCUT2D eigenvalue weighted by Gasteiger charge is -2.11. The van der Waals surface area contributed by atoms with E-state index in [0.717, 1.165) is 6.07 Å². The molecule has 1 heterocycles. The molecule has 1 N–H and O–H groups in total. The summed E-state index contributed by atoms with van der Waals surface area (Å²) >= 11 is 0. The van der Waals surface area contributed by atoms with Crippen LogP contribution in [0.4, 0.5) is 5.69 Å². The van der Waals surface area contributed by atoms with Crippen molar-refractivity contribution in [2.75, 3.05) is 20.8 Å². The minimum absolute atomic E-state index is 0.00705. The third-order valence-electron chi connectivity index (χ3n) is 4.41. The van der Waals surface area contributed by atoms with Crippen molar-refractivity contribution >= 4 is 17.8 Å².